The van der Waals surface area contributed by atoms with Crippen molar-refractivity contribution >= 4 is 33.0 Å². The van der Waals surface area contributed by atoms with Gasteiger partial charge in [0, 0.05) is 23.3 Å². The molecule has 2 aromatic rings. The molecule has 0 saturated carbocycles. The average molecular weight is 322 g/mol. The molecule has 0 bridgehead atoms. The zero-order valence-corrected chi connectivity index (χ0v) is 12.7. The lowest BCUT2D eigenvalue weighted by Crippen LogP contribution is -2.28. The van der Waals surface area contributed by atoms with Gasteiger partial charge < -0.3 is 4.90 Å². The molecule has 0 aromatic heterocycles. The highest BCUT2D eigenvalue weighted by Crippen LogP contribution is 2.43. The normalized spacial score (nSPS) is 17.9. The molecule has 1 aliphatic rings. The van der Waals surface area contributed by atoms with Crippen LogP contribution in [0, 0.1) is 0 Å². The molecular weight excluding hydrogens is 310 g/mol. The lowest BCUT2D eigenvalue weighted by Gasteiger charge is -2.12. The Morgan fingerprint density at radius 3 is 2.43 bits per heavy atom. The van der Waals surface area contributed by atoms with Gasteiger partial charge in [-0.2, -0.15) is 0 Å². The summed E-state index contributed by atoms with van der Waals surface area (Å²) in [4.78, 5) is 13.9. The number of nitrogens with zero attached hydrogens (tertiary/aromatic N) is 1. The molecule has 2 aromatic carbocycles. The minimum atomic E-state index is -3.80. The second-order valence-electron chi connectivity index (χ2n) is 4.84. The predicted molar refractivity (Wildman–Crippen MR) is 81.2 cm³/mol. The summed E-state index contributed by atoms with van der Waals surface area (Å²) in [6, 6.07) is 12.8. The number of hydrogen-bond acceptors (Lipinski definition) is 3. The SMILES string of the molecule is CN1C(=O)C(S(=O)(=O)c2ccccc2)c2cc(Cl)ccc21. The minimum Gasteiger partial charge on any atom is -0.314 e. The fourth-order valence-corrected chi connectivity index (χ4v) is 4.45. The maximum atomic E-state index is 12.8. The van der Waals surface area contributed by atoms with E-state index in [-0.39, 0.29) is 4.90 Å². The van der Waals surface area contributed by atoms with Crippen LogP contribution in [0.2, 0.25) is 5.02 Å². The van der Waals surface area contributed by atoms with Gasteiger partial charge in [-0.3, -0.25) is 4.79 Å². The van der Waals surface area contributed by atoms with Crippen molar-refractivity contribution in [2.24, 2.45) is 0 Å². The van der Waals surface area contributed by atoms with E-state index in [1.165, 1.54) is 17.0 Å². The van der Waals surface area contributed by atoms with Crippen LogP contribution in [-0.2, 0) is 14.6 Å². The maximum absolute atomic E-state index is 12.8. The van der Waals surface area contributed by atoms with Gasteiger partial charge in [0.1, 0.15) is 0 Å². The predicted octanol–water partition coefficient (Wildman–Crippen LogP) is 2.83. The highest BCUT2D eigenvalue weighted by atomic mass is 35.5. The summed E-state index contributed by atoms with van der Waals surface area (Å²) in [6.07, 6.45) is 0. The number of anilines is 1. The Labute approximate surface area is 127 Å². The van der Waals surface area contributed by atoms with Crippen LogP contribution in [0.5, 0.6) is 0 Å². The van der Waals surface area contributed by atoms with Gasteiger partial charge in [0.15, 0.2) is 15.1 Å². The van der Waals surface area contributed by atoms with Crippen molar-refractivity contribution in [3.05, 3.63) is 59.1 Å². The second-order valence-corrected chi connectivity index (χ2v) is 7.31. The molecule has 6 heteroatoms. The number of likely N-dealkylation sites (N-methyl/N-ethyl adjacent to an activating group) is 1. The van der Waals surface area contributed by atoms with Crippen molar-refractivity contribution in [2.75, 3.05) is 11.9 Å². The summed E-state index contributed by atoms with van der Waals surface area (Å²) in [6.45, 7) is 0. The third kappa shape index (κ3) is 2.13. The standard InChI is InChI=1S/C15H12ClNO3S/c1-17-13-8-7-10(16)9-12(13)14(15(17)18)21(19,20)11-5-3-2-4-6-11/h2-9,14H,1H3. The first kappa shape index (κ1) is 14.1. The van der Waals surface area contributed by atoms with Crippen LogP contribution >= 0.6 is 11.6 Å². The Morgan fingerprint density at radius 1 is 1.10 bits per heavy atom. The Kier molecular flexibility index (Phi) is 3.26. The largest absolute Gasteiger partial charge is 0.314 e. The van der Waals surface area contributed by atoms with E-state index in [0.717, 1.165) is 0 Å². The summed E-state index contributed by atoms with van der Waals surface area (Å²) in [5.41, 5.74) is 1.01. The summed E-state index contributed by atoms with van der Waals surface area (Å²) >= 11 is 5.96. The number of sulfone groups is 1. The van der Waals surface area contributed by atoms with Gasteiger partial charge in [0.2, 0.25) is 5.91 Å². The first-order chi connectivity index (χ1) is 9.93. The van der Waals surface area contributed by atoms with Crippen LogP contribution in [0.4, 0.5) is 5.69 Å². The second kappa shape index (κ2) is 4.86. The fraction of sp³-hybridized carbons (Fsp3) is 0.133. The van der Waals surface area contributed by atoms with Crippen molar-refractivity contribution in [3.63, 3.8) is 0 Å². The molecule has 0 aliphatic carbocycles. The summed E-state index contributed by atoms with van der Waals surface area (Å²) in [7, 11) is -2.24. The van der Waals surface area contributed by atoms with E-state index in [9.17, 15) is 13.2 Å². The van der Waals surface area contributed by atoms with Gasteiger partial charge in [-0.1, -0.05) is 29.8 Å². The smallest absolute Gasteiger partial charge is 0.250 e. The first-order valence-corrected chi connectivity index (χ1v) is 8.21. The van der Waals surface area contributed by atoms with Crippen molar-refractivity contribution < 1.29 is 13.2 Å². The Hall–Kier alpha value is -1.85. The molecule has 1 amide bonds. The van der Waals surface area contributed by atoms with Gasteiger partial charge in [-0.25, -0.2) is 8.42 Å². The first-order valence-electron chi connectivity index (χ1n) is 6.29. The molecule has 1 heterocycles. The number of hydrogen-bond donors (Lipinski definition) is 0. The third-order valence-corrected chi connectivity index (χ3v) is 5.81. The van der Waals surface area contributed by atoms with E-state index in [0.29, 0.717) is 16.3 Å². The number of benzene rings is 2. The van der Waals surface area contributed by atoms with Crippen LogP contribution in [-0.4, -0.2) is 21.4 Å². The molecule has 1 atom stereocenters. The van der Waals surface area contributed by atoms with Gasteiger partial charge in [-0.05, 0) is 30.3 Å². The molecule has 1 unspecified atom stereocenters. The average Bonchev–Trinajstić information content (AvgIpc) is 2.71. The van der Waals surface area contributed by atoms with Crippen LogP contribution < -0.4 is 4.90 Å². The van der Waals surface area contributed by atoms with Gasteiger partial charge in [0.05, 0.1) is 4.90 Å². The lowest BCUT2D eigenvalue weighted by molar-refractivity contribution is -0.117. The quantitative estimate of drug-likeness (QED) is 0.854. The summed E-state index contributed by atoms with van der Waals surface area (Å²) < 4.78 is 25.5. The summed E-state index contributed by atoms with van der Waals surface area (Å²) in [5.74, 6) is -0.462. The van der Waals surface area contributed by atoms with Crippen LogP contribution in [0.15, 0.2) is 53.4 Å². The number of fused-ring (bicyclic) bond motifs is 1. The lowest BCUT2D eigenvalue weighted by atomic mass is 10.1. The third-order valence-electron chi connectivity index (χ3n) is 3.57. The van der Waals surface area contributed by atoms with E-state index < -0.39 is 21.0 Å². The van der Waals surface area contributed by atoms with Crippen molar-refractivity contribution in [3.8, 4) is 0 Å². The Morgan fingerprint density at radius 2 is 1.76 bits per heavy atom. The zero-order valence-electron chi connectivity index (χ0n) is 11.2. The number of carbonyl (C=O) groups is 1. The molecule has 4 nitrogen and oxygen atoms in total. The number of amides is 1. The Bertz CT molecular complexity index is 818. The molecular formula is C15H12ClNO3S. The van der Waals surface area contributed by atoms with Crippen molar-refractivity contribution in [1.82, 2.24) is 0 Å². The number of halogens is 1. The number of carbonyl (C=O) groups excluding carboxylic acids is 1. The summed E-state index contributed by atoms with van der Waals surface area (Å²) in [5, 5.41) is -0.830. The van der Waals surface area contributed by atoms with E-state index in [2.05, 4.69) is 0 Å². The van der Waals surface area contributed by atoms with Crippen molar-refractivity contribution in [2.45, 2.75) is 10.1 Å². The van der Waals surface area contributed by atoms with Crippen LogP contribution in [0.1, 0.15) is 10.8 Å². The number of rotatable bonds is 2. The molecule has 0 spiro atoms. The molecule has 1 aliphatic heterocycles. The van der Waals surface area contributed by atoms with E-state index in [4.69, 9.17) is 11.6 Å². The molecule has 0 saturated heterocycles. The highest BCUT2D eigenvalue weighted by Gasteiger charge is 2.44. The topological polar surface area (TPSA) is 54.5 Å². The van der Waals surface area contributed by atoms with Gasteiger partial charge in [-0.15, -0.1) is 0 Å². The highest BCUT2D eigenvalue weighted by molar-refractivity contribution is 7.92. The molecule has 3 rings (SSSR count). The zero-order chi connectivity index (χ0) is 15.2. The Balaban J connectivity index is 2.20. The van der Waals surface area contributed by atoms with Crippen molar-refractivity contribution in [1.29, 1.82) is 0 Å². The van der Waals surface area contributed by atoms with E-state index in [1.54, 1.807) is 43.4 Å². The fourth-order valence-electron chi connectivity index (χ4n) is 2.51. The van der Waals surface area contributed by atoms with Crippen LogP contribution in [0.25, 0.3) is 0 Å². The minimum absolute atomic E-state index is 0.129. The maximum Gasteiger partial charge on any atom is 0.250 e. The van der Waals surface area contributed by atoms with Crippen LogP contribution in [0.3, 0.4) is 0 Å². The molecule has 108 valence electrons. The molecule has 0 fully saturated rings. The van der Waals surface area contributed by atoms with E-state index >= 15 is 0 Å². The van der Waals surface area contributed by atoms with E-state index in [1.807, 2.05) is 0 Å². The molecule has 21 heavy (non-hydrogen) atoms. The molecule has 0 N–H and O–H groups in total. The monoisotopic (exact) mass is 321 g/mol. The van der Waals surface area contributed by atoms with Gasteiger partial charge >= 0.3 is 0 Å². The van der Waals surface area contributed by atoms with Gasteiger partial charge in [0.25, 0.3) is 0 Å². The molecule has 0 radical (unpaired) electrons.